The number of rotatable bonds is 7. The van der Waals surface area contributed by atoms with Gasteiger partial charge < -0.3 is 15.2 Å². The third-order valence-electron chi connectivity index (χ3n) is 3.63. The maximum atomic E-state index is 12.4. The molecule has 5 nitrogen and oxygen atoms in total. The normalized spacial score (nSPS) is 11.6. The second-order valence-electron chi connectivity index (χ2n) is 5.37. The van der Waals surface area contributed by atoms with Gasteiger partial charge in [-0.2, -0.15) is 0 Å². The number of hydrogen-bond acceptors (Lipinski definition) is 3. The molecule has 2 aromatic carbocycles. The van der Waals surface area contributed by atoms with Crippen molar-refractivity contribution in [3.05, 3.63) is 63.1 Å². The van der Waals surface area contributed by atoms with Gasteiger partial charge in [-0.3, -0.25) is 9.59 Å². The fraction of sp³-hybridized carbons (Fsp3) is 0.222. The fourth-order valence-corrected chi connectivity index (χ4v) is 3.23. The van der Waals surface area contributed by atoms with Crippen molar-refractivity contribution in [3.63, 3.8) is 0 Å². The first-order chi connectivity index (χ1) is 11.9. The molecule has 0 saturated carbocycles. The Balaban J connectivity index is 2.15. The zero-order valence-corrected chi connectivity index (χ0v) is 15.8. The number of nitrogens with one attached hydrogen (secondary N) is 1. The van der Waals surface area contributed by atoms with Gasteiger partial charge >= 0.3 is 5.97 Å². The number of carbonyl (C=O) groups is 2. The molecule has 0 radical (unpaired) electrons. The summed E-state index contributed by atoms with van der Waals surface area (Å²) in [4.78, 5) is 23.5. The van der Waals surface area contributed by atoms with Crippen LogP contribution in [0.1, 0.15) is 23.6 Å². The molecule has 0 aliphatic rings. The summed E-state index contributed by atoms with van der Waals surface area (Å²) in [7, 11) is 1.55. The maximum Gasteiger partial charge on any atom is 0.305 e. The quantitative estimate of drug-likeness (QED) is 0.702. The highest BCUT2D eigenvalue weighted by molar-refractivity contribution is 9.10. The number of aliphatic carboxylic acids is 1. The topological polar surface area (TPSA) is 75.6 Å². The van der Waals surface area contributed by atoms with Crippen LogP contribution in [0, 0.1) is 0 Å². The van der Waals surface area contributed by atoms with Gasteiger partial charge in [-0.1, -0.05) is 45.7 Å². The third-order valence-corrected chi connectivity index (χ3v) is 4.73. The lowest BCUT2D eigenvalue weighted by atomic mass is 10.0. The van der Waals surface area contributed by atoms with Crippen LogP contribution in [0.15, 0.2) is 46.9 Å². The number of carboxylic acids is 1. The summed E-state index contributed by atoms with van der Waals surface area (Å²) in [5, 5.41) is 12.4. The Labute approximate surface area is 159 Å². The lowest BCUT2D eigenvalue weighted by Gasteiger charge is -2.18. The van der Waals surface area contributed by atoms with Crippen LogP contribution in [-0.4, -0.2) is 24.1 Å². The van der Waals surface area contributed by atoms with Crippen molar-refractivity contribution in [3.8, 4) is 5.75 Å². The molecule has 1 unspecified atom stereocenters. The van der Waals surface area contributed by atoms with Gasteiger partial charge in [0, 0.05) is 9.50 Å². The first kappa shape index (κ1) is 19.3. The van der Waals surface area contributed by atoms with E-state index in [2.05, 4.69) is 21.2 Å². The second-order valence-corrected chi connectivity index (χ2v) is 6.63. The standard InChI is InChI=1S/C18H17BrClNO4/c1-25-12-7-5-11(6-8-12)16(10-18(23)24)21-17(22)9-13-14(19)3-2-4-15(13)20/h2-8,16H,9-10H2,1H3,(H,21,22)(H,23,24). The zero-order chi connectivity index (χ0) is 18.4. The maximum absolute atomic E-state index is 12.4. The largest absolute Gasteiger partial charge is 0.497 e. The Morgan fingerprint density at radius 1 is 1.24 bits per heavy atom. The van der Waals surface area contributed by atoms with Crippen LogP contribution in [0.5, 0.6) is 5.75 Å². The van der Waals surface area contributed by atoms with Gasteiger partial charge in [-0.25, -0.2) is 0 Å². The Morgan fingerprint density at radius 3 is 2.48 bits per heavy atom. The lowest BCUT2D eigenvalue weighted by molar-refractivity contribution is -0.137. The molecule has 0 bridgehead atoms. The number of ether oxygens (including phenoxy) is 1. The number of benzene rings is 2. The minimum absolute atomic E-state index is 0.0481. The van der Waals surface area contributed by atoms with Crippen LogP contribution in [0.2, 0.25) is 5.02 Å². The Kier molecular flexibility index (Phi) is 6.84. The van der Waals surface area contributed by atoms with Crippen LogP contribution < -0.4 is 10.1 Å². The molecule has 132 valence electrons. The predicted octanol–water partition coefficient (Wildman–Crippen LogP) is 3.99. The Hall–Kier alpha value is -2.05. The summed E-state index contributed by atoms with van der Waals surface area (Å²) < 4.78 is 5.82. The second kappa shape index (κ2) is 8.87. The molecule has 1 atom stereocenters. The lowest BCUT2D eigenvalue weighted by Crippen LogP contribution is -2.31. The van der Waals surface area contributed by atoms with Gasteiger partial charge in [-0.05, 0) is 35.4 Å². The number of carboxylic acid groups (broad SMARTS) is 1. The Morgan fingerprint density at radius 2 is 1.92 bits per heavy atom. The summed E-state index contributed by atoms with van der Waals surface area (Å²) in [6.07, 6.45) is -0.172. The van der Waals surface area contributed by atoms with E-state index in [4.69, 9.17) is 21.4 Å². The SMILES string of the molecule is COc1ccc(C(CC(=O)O)NC(=O)Cc2c(Cl)cccc2Br)cc1. The van der Waals surface area contributed by atoms with E-state index < -0.39 is 12.0 Å². The summed E-state index contributed by atoms with van der Waals surface area (Å²) in [6.45, 7) is 0. The molecule has 0 saturated heterocycles. The minimum atomic E-state index is -1.000. The molecule has 0 fully saturated rings. The number of halogens is 2. The molecule has 25 heavy (non-hydrogen) atoms. The fourth-order valence-electron chi connectivity index (χ4n) is 2.37. The summed E-state index contributed by atoms with van der Waals surface area (Å²) >= 11 is 9.50. The van der Waals surface area contributed by atoms with Crippen molar-refractivity contribution in [2.75, 3.05) is 7.11 Å². The Bertz CT molecular complexity index is 744. The van der Waals surface area contributed by atoms with E-state index in [1.54, 1.807) is 49.6 Å². The van der Waals surface area contributed by atoms with Gasteiger partial charge in [0.05, 0.1) is 26.0 Å². The summed E-state index contributed by atoms with van der Waals surface area (Å²) in [5.74, 6) is -0.653. The first-order valence-electron chi connectivity index (χ1n) is 7.48. The van der Waals surface area contributed by atoms with E-state index in [1.165, 1.54) is 0 Å². The van der Waals surface area contributed by atoms with Crippen molar-refractivity contribution in [2.45, 2.75) is 18.9 Å². The van der Waals surface area contributed by atoms with Crippen molar-refractivity contribution < 1.29 is 19.4 Å². The van der Waals surface area contributed by atoms with Crippen LogP contribution in [-0.2, 0) is 16.0 Å². The van der Waals surface area contributed by atoms with Gasteiger partial charge in [0.1, 0.15) is 5.75 Å². The van der Waals surface area contributed by atoms with E-state index in [-0.39, 0.29) is 18.7 Å². The number of hydrogen-bond donors (Lipinski definition) is 2. The van der Waals surface area contributed by atoms with E-state index in [1.807, 2.05) is 0 Å². The molecule has 2 aromatic rings. The van der Waals surface area contributed by atoms with E-state index in [9.17, 15) is 9.59 Å². The molecule has 2 N–H and O–H groups in total. The zero-order valence-electron chi connectivity index (χ0n) is 13.5. The minimum Gasteiger partial charge on any atom is -0.497 e. The molecule has 0 aliphatic carbocycles. The highest BCUT2D eigenvalue weighted by Gasteiger charge is 2.19. The molecule has 0 heterocycles. The smallest absolute Gasteiger partial charge is 0.305 e. The van der Waals surface area contributed by atoms with Crippen molar-refractivity contribution >= 4 is 39.4 Å². The predicted molar refractivity (Wildman–Crippen MR) is 99.0 cm³/mol. The van der Waals surface area contributed by atoms with E-state index >= 15 is 0 Å². The van der Waals surface area contributed by atoms with E-state index in [0.29, 0.717) is 21.9 Å². The molecular formula is C18H17BrClNO4. The van der Waals surface area contributed by atoms with E-state index in [0.717, 1.165) is 4.47 Å². The van der Waals surface area contributed by atoms with Gasteiger partial charge in [0.15, 0.2) is 0 Å². The van der Waals surface area contributed by atoms with Crippen LogP contribution in [0.25, 0.3) is 0 Å². The molecule has 2 rings (SSSR count). The molecule has 0 spiro atoms. The number of carbonyl (C=O) groups excluding carboxylic acids is 1. The highest BCUT2D eigenvalue weighted by atomic mass is 79.9. The number of amides is 1. The van der Waals surface area contributed by atoms with Crippen molar-refractivity contribution in [1.29, 1.82) is 0 Å². The van der Waals surface area contributed by atoms with Crippen molar-refractivity contribution in [2.24, 2.45) is 0 Å². The van der Waals surface area contributed by atoms with Crippen molar-refractivity contribution in [1.82, 2.24) is 5.32 Å². The molecular weight excluding hydrogens is 410 g/mol. The van der Waals surface area contributed by atoms with Crippen LogP contribution >= 0.6 is 27.5 Å². The first-order valence-corrected chi connectivity index (χ1v) is 8.65. The molecule has 0 aromatic heterocycles. The van der Waals surface area contributed by atoms with Crippen LogP contribution in [0.4, 0.5) is 0 Å². The van der Waals surface area contributed by atoms with Gasteiger partial charge in [-0.15, -0.1) is 0 Å². The average Bonchev–Trinajstić information content (AvgIpc) is 2.57. The van der Waals surface area contributed by atoms with Gasteiger partial charge in [0.2, 0.25) is 5.91 Å². The third kappa shape index (κ3) is 5.47. The molecule has 7 heteroatoms. The summed E-state index contributed by atoms with van der Waals surface area (Å²) in [5.41, 5.74) is 1.35. The monoisotopic (exact) mass is 425 g/mol. The molecule has 1 amide bonds. The average molecular weight is 427 g/mol. The molecule has 0 aliphatic heterocycles. The van der Waals surface area contributed by atoms with Crippen LogP contribution in [0.3, 0.4) is 0 Å². The highest BCUT2D eigenvalue weighted by Crippen LogP contribution is 2.26. The summed E-state index contributed by atoms with van der Waals surface area (Å²) in [6, 6.07) is 11.5. The van der Waals surface area contributed by atoms with Gasteiger partial charge in [0.25, 0.3) is 0 Å². The number of methoxy groups -OCH3 is 1.